The van der Waals surface area contributed by atoms with Crippen LogP contribution in [0.1, 0.15) is 32.6 Å². The highest BCUT2D eigenvalue weighted by atomic mass is 16.7. The summed E-state index contributed by atoms with van der Waals surface area (Å²) in [4.78, 5) is 24.2. The molecule has 26 heavy (non-hydrogen) atoms. The number of carbonyl (C=O) groups excluding carboxylic acids is 2. The van der Waals surface area contributed by atoms with E-state index in [0.29, 0.717) is 23.6 Å². The van der Waals surface area contributed by atoms with Crippen LogP contribution in [-0.2, 0) is 16.1 Å². The summed E-state index contributed by atoms with van der Waals surface area (Å²) < 4.78 is 15.7. The Morgan fingerprint density at radius 3 is 2.46 bits per heavy atom. The first-order valence-electron chi connectivity index (χ1n) is 8.34. The number of hydrogen-bond donors (Lipinski definition) is 1. The third-order valence-electron chi connectivity index (χ3n) is 4.14. The molecule has 0 bridgehead atoms. The second kappa shape index (κ2) is 7.47. The van der Waals surface area contributed by atoms with Crippen LogP contribution in [0.25, 0.3) is 0 Å². The molecule has 0 saturated heterocycles. The predicted octanol–water partition coefficient (Wildman–Crippen LogP) is 2.81. The van der Waals surface area contributed by atoms with E-state index in [1.807, 2.05) is 45.0 Å². The van der Waals surface area contributed by atoms with Gasteiger partial charge < -0.3 is 19.5 Å². The molecule has 6 nitrogen and oxygen atoms in total. The van der Waals surface area contributed by atoms with Crippen LogP contribution < -0.4 is 14.8 Å². The summed E-state index contributed by atoms with van der Waals surface area (Å²) in [7, 11) is 0. The van der Waals surface area contributed by atoms with Crippen molar-refractivity contribution in [1.29, 1.82) is 0 Å². The summed E-state index contributed by atoms with van der Waals surface area (Å²) in [6.07, 6.45) is 0. The number of aryl methyl sites for hydroxylation is 3. The normalized spacial score (nSPS) is 12.0. The molecule has 0 saturated carbocycles. The zero-order valence-corrected chi connectivity index (χ0v) is 15.0. The predicted molar refractivity (Wildman–Crippen MR) is 95.3 cm³/mol. The van der Waals surface area contributed by atoms with Gasteiger partial charge >= 0.3 is 5.97 Å². The van der Waals surface area contributed by atoms with E-state index >= 15 is 0 Å². The molecule has 1 heterocycles. The van der Waals surface area contributed by atoms with Gasteiger partial charge in [-0.2, -0.15) is 0 Å². The molecular weight excluding hydrogens is 334 g/mol. The van der Waals surface area contributed by atoms with Crippen molar-refractivity contribution >= 4 is 11.9 Å². The van der Waals surface area contributed by atoms with Crippen LogP contribution >= 0.6 is 0 Å². The van der Waals surface area contributed by atoms with Crippen molar-refractivity contribution < 1.29 is 23.8 Å². The summed E-state index contributed by atoms with van der Waals surface area (Å²) in [6, 6.07) is 9.30. The molecule has 1 amide bonds. The van der Waals surface area contributed by atoms with Gasteiger partial charge in [0, 0.05) is 6.54 Å². The number of esters is 1. The van der Waals surface area contributed by atoms with Gasteiger partial charge in [-0.05, 0) is 49.6 Å². The van der Waals surface area contributed by atoms with Crippen molar-refractivity contribution in [2.45, 2.75) is 27.3 Å². The molecule has 0 spiro atoms. The molecule has 1 N–H and O–H groups in total. The largest absolute Gasteiger partial charge is 0.454 e. The minimum Gasteiger partial charge on any atom is -0.454 e. The zero-order valence-electron chi connectivity index (χ0n) is 15.0. The van der Waals surface area contributed by atoms with E-state index in [0.717, 1.165) is 22.3 Å². The lowest BCUT2D eigenvalue weighted by molar-refractivity contribution is -0.124. The summed E-state index contributed by atoms with van der Waals surface area (Å²) in [5.41, 5.74) is 4.15. The minimum atomic E-state index is -0.488. The molecule has 2 aromatic carbocycles. The topological polar surface area (TPSA) is 73.9 Å². The van der Waals surface area contributed by atoms with Crippen molar-refractivity contribution in [1.82, 2.24) is 5.32 Å². The number of rotatable bonds is 5. The third kappa shape index (κ3) is 3.96. The maximum absolute atomic E-state index is 12.3. The molecule has 0 aliphatic carbocycles. The minimum absolute atomic E-state index is 0.207. The first-order valence-corrected chi connectivity index (χ1v) is 8.34. The Morgan fingerprint density at radius 1 is 1.04 bits per heavy atom. The molecule has 0 unspecified atom stereocenters. The van der Waals surface area contributed by atoms with Gasteiger partial charge in [0.1, 0.15) is 0 Å². The van der Waals surface area contributed by atoms with Crippen molar-refractivity contribution in [3.63, 3.8) is 0 Å². The number of amides is 1. The van der Waals surface area contributed by atoms with Gasteiger partial charge in [0.15, 0.2) is 18.1 Å². The first-order chi connectivity index (χ1) is 12.4. The van der Waals surface area contributed by atoms with Crippen LogP contribution in [0.5, 0.6) is 11.5 Å². The fourth-order valence-corrected chi connectivity index (χ4v) is 3.01. The number of ether oxygens (including phenoxy) is 3. The van der Waals surface area contributed by atoms with Gasteiger partial charge in [0.05, 0.1) is 5.56 Å². The second-order valence-electron chi connectivity index (χ2n) is 6.31. The molecule has 1 aliphatic rings. The van der Waals surface area contributed by atoms with E-state index in [9.17, 15) is 9.59 Å². The van der Waals surface area contributed by atoms with Gasteiger partial charge in [0.2, 0.25) is 6.79 Å². The fourth-order valence-electron chi connectivity index (χ4n) is 3.01. The second-order valence-corrected chi connectivity index (χ2v) is 6.31. The molecule has 0 radical (unpaired) electrons. The van der Waals surface area contributed by atoms with Crippen LogP contribution in [-0.4, -0.2) is 25.3 Å². The van der Waals surface area contributed by atoms with E-state index in [2.05, 4.69) is 5.32 Å². The summed E-state index contributed by atoms with van der Waals surface area (Å²) in [5.74, 6) is 0.503. The lowest BCUT2D eigenvalue weighted by Crippen LogP contribution is -2.28. The van der Waals surface area contributed by atoms with E-state index in [1.165, 1.54) is 0 Å². The fraction of sp³-hybridized carbons (Fsp3) is 0.300. The van der Waals surface area contributed by atoms with Crippen molar-refractivity contribution in [3.8, 4) is 11.5 Å². The molecule has 0 aromatic heterocycles. The van der Waals surface area contributed by atoms with Gasteiger partial charge in [-0.3, -0.25) is 4.79 Å². The van der Waals surface area contributed by atoms with Crippen molar-refractivity contribution in [2.24, 2.45) is 0 Å². The molecule has 2 aromatic rings. The van der Waals surface area contributed by atoms with Crippen LogP contribution in [0.4, 0.5) is 0 Å². The summed E-state index contributed by atoms with van der Waals surface area (Å²) >= 11 is 0. The summed E-state index contributed by atoms with van der Waals surface area (Å²) in [5, 5.41) is 2.72. The van der Waals surface area contributed by atoms with Crippen LogP contribution in [0.2, 0.25) is 0 Å². The maximum Gasteiger partial charge on any atom is 0.339 e. The number of hydrogen-bond acceptors (Lipinski definition) is 5. The average molecular weight is 355 g/mol. The molecule has 1 aliphatic heterocycles. The van der Waals surface area contributed by atoms with Gasteiger partial charge in [-0.15, -0.1) is 0 Å². The van der Waals surface area contributed by atoms with Gasteiger partial charge in [0.25, 0.3) is 5.91 Å². The standard InChI is InChI=1S/C20H21NO5/c1-12-6-13(2)19(14(3)7-12)20(23)24-10-18(22)21-9-15-4-5-16-17(8-15)26-11-25-16/h4-8H,9-11H2,1-3H3,(H,21,22). The van der Waals surface area contributed by atoms with Crippen molar-refractivity contribution in [2.75, 3.05) is 13.4 Å². The van der Waals surface area contributed by atoms with Crippen LogP contribution in [0.15, 0.2) is 30.3 Å². The van der Waals surface area contributed by atoms with Crippen LogP contribution in [0.3, 0.4) is 0 Å². The van der Waals surface area contributed by atoms with E-state index in [-0.39, 0.29) is 19.3 Å². The molecule has 3 rings (SSSR count). The maximum atomic E-state index is 12.3. The van der Waals surface area contributed by atoms with Gasteiger partial charge in [-0.25, -0.2) is 4.79 Å². The quantitative estimate of drug-likeness (QED) is 0.835. The number of nitrogens with one attached hydrogen (secondary N) is 1. The Kier molecular flexibility index (Phi) is 5.11. The number of carbonyl (C=O) groups is 2. The van der Waals surface area contributed by atoms with E-state index in [1.54, 1.807) is 6.07 Å². The summed E-state index contributed by atoms with van der Waals surface area (Å²) in [6.45, 7) is 5.88. The number of benzene rings is 2. The Hall–Kier alpha value is -3.02. The Bertz CT molecular complexity index is 836. The smallest absolute Gasteiger partial charge is 0.339 e. The average Bonchev–Trinajstić information content (AvgIpc) is 3.05. The molecule has 136 valence electrons. The highest BCUT2D eigenvalue weighted by Crippen LogP contribution is 2.32. The first kappa shape index (κ1) is 17.8. The lowest BCUT2D eigenvalue weighted by atomic mass is 10.00. The SMILES string of the molecule is Cc1cc(C)c(C(=O)OCC(=O)NCc2ccc3c(c2)OCO3)c(C)c1. The van der Waals surface area contributed by atoms with E-state index < -0.39 is 5.97 Å². The monoisotopic (exact) mass is 355 g/mol. The lowest BCUT2D eigenvalue weighted by Gasteiger charge is -2.11. The molecular formula is C20H21NO5. The Labute approximate surface area is 152 Å². The third-order valence-corrected chi connectivity index (χ3v) is 4.14. The highest BCUT2D eigenvalue weighted by molar-refractivity contribution is 5.94. The van der Waals surface area contributed by atoms with Crippen LogP contribution in [0, 0.1) is 20.8 Å². The molecule has 0 fully saturated rings. The Morgan fingerprint density at radius 2 is 1.73 bits per heavy atom. The highest BCUT2D eigenvalue weighted by Gasteiger charge is 2.16. The molecule has 6 heteroatoms. The van der Waals surface area contributed by atoms with Crippen molar-refractivity contribution in [3.05, 3.63) is 58.1 Å². The van der Waals surface area contributed by atoms with E-state index in [4.69, 9.17) is 14.2 Å². The number of fused-ring (bicyclic) bond motifs is 1. The molecule has 0 atom stereocenters. The van der Waals surface area contributed by atoms with Gasteiger partial charge in [-0.1, -0.05) is 23.8 Å². The Balaban J connectivity index is 1.52. The zero-order chi connectivity index (χ0) is 18.7.